The van der Waals surface area contributed by atoms with Gasteiger partial charge >= 0.3 is 0 Å². The van der Waals surface area contributed by atoms with Gasteiger partial charge in [-0.1, -0.05) is 11.6 Å². The van der Waals surface area contributed by atoms with E-state index in [9.17, 15) is 0 Å². The second-order valence-corrected chi connectivity index (χ2v) is 3.97. The van der Waals surface area contributed by atoms with Crippen molar-refractivity contribution >= 4 is 11.6 Å². The Kier molecular flexibility index (Phi) is 4.78. The molecule has 0 radical (unpaired) electrons. The van der Waals surface area contributed by atoms with Crippen LogP contribution in [0.25, 0.3) is 0 Å². The molecule has 0 aromatic carbocycles. The summed E-state index contributed by atoms with van der Waals surface area (Å²) in [6.07, 6.45) is 2.24. The zero-order valence-electron chi connectivity index (χ0n) is 8.42. The van der Waals surface area contributed by atoms with Crippen molar-refractivity contribution in [3.63, 3.8) is 0 Å². The number of hydrogen-bond acceptors (Lipinski definition) is 2. The third-order valence-electron chi connectivity index (χ3n) is 2.26. The van der Waals surface area contributed by atoms with Crippen molar-refractivity contribution < 1.29 is 4.74 Å². The molecule has 1 rings (SSSR count). The number of halogens is 1. The molecule has 1 unspecified atom stereocenters. The first kappa shape index (κ1) is 11.0. The SMILES string of the molecule is CC(C)=CCN1CCOCC1CCl. The fourth-order valence-corrected chi connectivity index (χ4v) is 1.66. The van der Waals surface area contributed by atoms with Crippen LogP contribution in [0.5, 0.6) is 0 Å². The molecule has 0 aromatic heterocycles. The van der Waals surface area contributed by atoms with Gasteiger partial charge in [0.15, 0.2) is 0 Å². The van der Waals surface area contributed by atoms with E-state index in [1.807, 2.05) is 0 Å². The Bertz CT molecular complexity index is 178. The van der Waals surface area contributed by atoms with Gasteiger partial charge in [0, 0.05) is 25.0 Å². The Hall–Kier alpha value is -0.0500. The molecule has 0 N–H and O–H groups in total. The van der Waals surface area contributed by atoms with Crippen molar-refractivity contribution in [1.29, 1.82) is 0 Å². The van der Waals surface area contributed by atoms with Gasteiger partial charge < -0.3 is 4.74 Å². The lowest BCUT2D eigenvalue weighted by atomic mass is 10.2. The van der Waals surface area contributed by atoms with E-state index in [-0.39, 0.29) is 0 Å². The van der Waals surface area contributed by atoms with Crippen LogP contribution in [0.15, 0.2) is 11.6 Å². The first-order valence-electron chi connectivity index (χ1n) is 4.75. The average molecular weight is 204 g/mol. The van der Waals surface area contributed by atoms with Crippen LogP contribution in [0.2, 0.25) is 0 Å². The van der Waals surface area contributed by atoms with E-state index in [4.69, 9.17) is 16.3 Å². The van der Waals surface area contributed by atoms with Crippen LogP contribution in [0.1, 0.15) is 13.8 Å². The van der Waals surface area contributed by atoms with E-state index >= 15 is 0 Å². The molecule has 0 spiro atoms. The van der Waals surface area contributed by atoms with E-state index in [0.717, 1.165) is 26.3 Å². The van der Waals surface area contributed by atoms with Crippen LogP contribution in [-0.2, 0) is 4.74 Å². The Morgan fingerprint density at radius 2 is 2.38 bits per heavy atom. The molecule has 1 aliphatic heterocycles. The third-order valence-corrected chi connectivity index (χ3v) is 2.62. The molecular formula is C10H18ClNO. The molecule has 13 heavy (non-hydrogen) atoms. The zero-order chi connectivity index (χ0) is 9.68. The molecule has 3 heteroatoms. The fourth-order valence-electron chi connectivity index (χ4n) is 1.37. The van der Waals surface area contributed by atoms with Crippen LogP contribution in [-0.4, -0.2) is 43.1 Å². The quantitative estimate of drug-likeness (QED) is 0.513. The van der Waals surface area contributed by atoms with Gasteiger partial charge in [-0.2, -0.15) is 0 Å². The normalized spacial score (nSPS) is 24.4. The molecule has 0 amide bonds. The van der Waals surface area contributed by atoms with Crippen LogP contribution in [0, 0.1) is 0 Å². The molecule has 0 aromatic rings. The number of alkyl halides is 1. The van der Waals surface area contributed by atoms with E-state index in [1.54, 1.807) is 0 Å². The lowest BCUT2D eigenvalue weighted by Gasteiger charge is -2.33. The lowest BCUT2D eigenvalue weighted by molar-refractivity contribution is 0.00680. The van der Waals surface area contributed by atoms with Gasteiger partial charge in [0.1, 0.15) is 0 Å². The Balaban J connectivity index is 2.40. The maximum atomic E-state index is 5.85. The first-order chi connectivity index (χ1) is 6.24. The summed E-state index contributed by atoms with van der Waals surface area (Å²) in [5.41, 5.74) is 1.36. The highest BCUT2D eigenvalue weighted by Gasteiger charge is 2.20. The number of rotatable bonds is 3. The highest BCUT2D eigenvalue weighted by atomic mass is 35.5. The van der Waals surface area contributed by atoms with Crippen molar-refractivity contribution in [2.24, 2.45) is 0 Å². The smallest absolute Gasteiger partial charge is 0.0634 e. The number of nitrogens with zero attached hydrogens (tertiary/aromatic N) is 1. The Morgan fingerprint density at radius 1 is 1.62 bits per heavy atom. The van der Waals surface area contributed by atoms with Crippen molar-refractivity contribution in [2.45, 2.75) is 19.9 Å². The first-order valence-corrected chi connectivity index (χ1v) is 5.28. The van der Waals surface area contributed by atoms with Crippen LogP contribution >= 0.6 is 11.6 Å². The summed E-state index contributed by atoms with van der Waals surface area (Å²) in [4.78, 5) is 2.38. The summed E-state index contributed by atoms with van der Waals surface area (Å²) in [6.45, 7) is 7.86. The minimum absolute atomic E-state index is 0.394. The predicted octanol–water partition coefficient (Wildman–Crippen LogP) is 1.89. The van der Waals surface area contributed by atoms with Crippen molar-refractivity contribution in [2.75, 3.05) is 32.2 Å². The van der Waals surface area contributed by atoms with Gasteiger partial charge in [-0.15, -0.1) is 11.6 Å². The van der Waals surface area contributed by atoms with E-state index in [0.29, 0.717) is 11.9 Å². The van der Waals surface area contributed by atoms with Gasteiger partial charge in [0.25, 0.3) is 0 Å². The van der Waals surface area contributed by atoms with E-state index in [2.05, 4.69) is 24.8 Å². The minimum Gasteiger partial charge on any atom is -0.378 e. The second kappa shape index (κ2) is 5.63. The van der Waals surface area contributed by atoms with Gasteiger partial charge in [0.05, 0.1) is 13.2 Å². The summed E-state index contributed by atoms with van der Waals surface area (Å²) < 4.78 is 5.36. The molecular weight excluding hydrogens is 186 g/mol. The standard InChI is InChI=1S/C10H18ClNO/c1-9(2)3-4-12-5-6-13-8-10(12)7-11/h3,10H,4-8H2,1-2H3. The summed E-state index contributed by atoms with van der Waals surface area (Å²) in [7, 11) is 0. The van der Waals surface area contributed by atoms with Gasteiger partial charge in [-0.05, 0) is 13.8 Å². The molecule has 0 bridgehead atoms. The van der Waals surface area contributed by atoms with Crippen molar-refractivity contribution in [3.8, 4) is 0 Å². The summed E-state index contributed by atoms with van der Waals surface area (Å²) in [6, 6.07) is 0.394. The molecule has 2 nitrogen and oxygen atoms in total. The molecule has 1 atom stereocenters. The Labute approximate surface area is 85.5 Å². The molecule has 0 aliphatic carbocycles. The highest BCUT2D eigenvalue weighted by molar-refractivity contribution is 6.18. The summed E-state index contributed by atoms with van der Waals surface area (Å²) in [5, 5.41) is 0. The maximum absolute atomic E-state index is 5.85. The molecule has 0 saturated carbocycles. The molecule has 1 aliphatic rings. The largest absolute Gasteiger partial charge is 0.378 e. The minimum atomic E-state index is 0.394. The Morgan fingerprint density at radius 3 is 3.00 bits per heavy atom. The van der Waals surface area contributed by atoms with E-state index in [1.165, 1.54) is 5.57 Å². The highest BCUT2D eigenvalue weighted by Crippen LogP contribution is 2.08. The molecule has 1 saturated heterocycles. The van der Waals surface area contributed by atoms with E-state index < -0.39 is 0 Å². The third kappa shape index (κ3) is 3.67. The van der Waals surface area contributed by atoms with Crippen molar-refractivity contribution in [1.82, 2.24) is 4.90 Å². The maximum Gasteiger partial charge on any atom is 0.0634 e. The average Bonchev–Trinajstić information content (AvgIpc) is 2.15. The topological polar surface area (TPSA) is 12.5 Å². The number of morpholine rings is 1. The molecule has 76 valence electrons. The summed E-state index contributed by atoms with van der Waals surface area (Å²) >= 11 is 5.85. The number of hydrogen-bond donors (Lipinski definition) is 0. The number of allylic oxidation sites excluding steroid dienone is 1. The predicted molar refractivity (Wildman–Crippen MR) is 56.3 cm³/mol. The number of ether oxygens (including phenoxy) is 1. The molecule has 1 fully saturated rings. The van der Waals surface area contributed by atoms with Crippen LogP contribution in [0.3, 0.4) is 0 Å². The van der Waals surface area contributed by atoms with Gasteiger partial charge in [0.2, 0.25) is 0 Å². The monoisotopic (exact) mass is 203 g/mol. The summed E-state index contributed by atoms with van der Waals surface area (Å²) in [5.74, 6) is 0.663. The second-order valence-electron chi connectivity index (χ2n) is 3.66. The zero-order valence-corrected chi connectivity index (χ0v) is 9.18. The lowest BCUT2D eigenvalue weighted by Crippen LogP contribution is -2.46. The van der Waals surface area contributed by atoms with Gasteiger partial charge in [-0.25, -0.2) is 0 Å². The molecule has 1 heterocycles. The van der Waals surface area contributed by atoms with Crippen molar-refractivity contribution in [3.05, 3.63) is 11.6 Å². The van der Waals surface area contributed by atoms with Crippen LogP contribution < -0.4 is 0 Å². The van der Waals surface area contributed by atoms with Gasteiger partial charge in [-0.3, -0.25) is 4.90 Å². The van der Waals surface area contributed by atoms with Crippen LogP contribution in [0.4, 0.5) is 0 Å². The fraction of sp³-hybridized carbons (Fsp3) is 0.800.